The molecule has 1 saturated heterocycles. The summed E-state index contributed by atoms with van der Waals surface area (Å²) in [7, 11) is 0.772. The molecular formula is C17H28N4O2S. The summed E-state index contributed by atoms with van der Waals surface area (Å²) in [6, 6.07) is 4.09. The highest BCUT2D eigenvalue weighted by Crippen LogP contribution is 2.38. The molecule has 0 radical (unpaired) electrons. The minimum atomic E-state index is -3.01. The molecule has 1 N–H and O–H groups in total. The molecule has 0 bridgehead atoms. The maximum atomic E-state index is 12.7. The van der Waals surface area contributed by atoms with Gasteiger partial charge in [-0.2, -0.15) is 0 Å². The summed E-state index contributed by atoms with van der Waals surface area (Å²) in [5, 5.41) is 3.39. The molecule has 1 spiro atoms. The molecule has 6 nitrogen and oxygen atoms in total. The Morgan fingerprint density at radius 1 is 1.33 bits per heavy atom. The van der Waals surface area contributed by atoms with Crippen molar-refractivity contribution in [3.8, 4) is 0 Å². The Kier molecular flexibility index (Phi) is 4.90. The van der Waals surface area contributed by atoms with Crippen molar-refractivity contribution in [1.82, 2.24) is 14.8 Å². The lowest BCUT2D eigenvalue weighted by Gasteiger charge is -2.45. The minimum absolute atomic E-state index is 0.234. The highest BCUT2D eigenvalue weighted by atomic mass is 32.2. The van der Waals surface area contributed by atoms with E-state index in [0.29, 0.717) is 19.6 Å². The third-order valence-corrected chi connectivity index (χ3v) is 8.10. The second-order valence-electron chi connectivity index (χ2n) is 7.00. The van der Waals surface area contributed by atoms with E-state index in [-0.39, 0.29) is 5.75 Å². The van der Waals surface area contributed by atoms with E-state index in [1.54, 1.807) is 7.05 Å². The minimum Gasteiger partial charge on any atom is -0.353 e. The second kappa shape index (κ2) is 6.78. The number of aryl methyl sites for hydroxylation is 1. The highest BCUT2D eigenvalue weighted by Gasteiger charge is 2.48. The van der Waals surface area contributed by atoms with Crippen molar-refractivity contribution in [1.29, 1.82) is 0 Å². The van der Waals surface area contributed by atoms with E-state index in [0.717, 1.165) is 38.1 Å². The van der Waals surface area contributed by atoms with Crippen LogP contribution in [0.1, 0.15) is 37.8 Å². The maximum Gasteiger partial charge on any atom is 0.194 e. The normalized spacial score (nSPS) is 23.4. The summed E-state index contributed by atoms with van der Waals surface area (Å²) in [4.78, 5) is 6.53. The standard InChI is InChI=1S/C17H28N4O2S/c1-18-16(19-13-15-7-6-10-20(15)2)21-11-12-24(22,23)17(14-21)8-4-3-5-9-17/h6-7,10H,3-5,8-9,11-14H2,1-2H3,(H,18,19). The summed E-state index contributed by atoms with van der Waals surface area (Å²) in [6.07, 6.45) is 6.79. The fraction of sp³-hybridized carbons (Fsp3) is 0.706. The van der Waals surface area contributed by atoms with E-state index < -0.39 is 14.6 Å². The van der Waals surface area contributed by atoms with Crippen LogP contribution in [0.3, 0.4) is 0 Å². The molecular weight excluding hydrogens is 324 g/mol. The van der Waals surface area contributed by atoms with Crippen LogP contribution >= 0.6 is 0 Å². The number of guanidine groups is 1. The van der Waals surface area contributed by atoms with E-state index in [2.05, 4.69) is 25.8 Å². The van der Waals surface area contributed by atoms with Gasteiger partial charge in [0, 0.05) is 39.1 Å². The van der Waals surface area contributed by atoms with Crippen molar-refractivity contribution in [3.05, 3.63) is 24.0 Å². The molecule has 2 aliphatic rings. The Labute approximate surface area is 144 Å². The summed E-state index contributed by atoms with van der Waals surface area (Å²) < 4.78 is 26.9. The maximum absolute atomic E-state index is 12.7. The predicted octanol–water partition coefficient (Wildman–Crippen LogP) is 1.53. The molecule has 2 fully saturated rings. The molecule has 134 valence electrons. The van der Waals surface area contributed by atoms with Crippen LogP contribution in [0.5, 0.6) is 0 Å². The van der Waals surface area contributed by atoms with E-state index >= 15 is 0 Å². The van der Waals surface area contributed by atoms with Gasteiger partial charge in [-0.3, -0.25) is 4.99 Å². The topological polar surface area (TPSA) is 66.7 Å². The molecule has 7 heteroatoms. The van der Waals surface area contributed by atoms with Crippen molar-refractivity contribution < 1.29 is 8.42 Å². The molecule has 0 unspecified atom stereocenters. The van der Waals surface area contributed by atoms with Gasteiger partial charge < -0.3 is 14.8 Å². The van der Waals surface area contributed by atoms with Gasteiger partial charge in [-0.05, 0) is 25.0 Å². The van der Waals surface area contributed by atoms with Gasteiger partial charge in [0.15, 0.2) is 15.8 Å². The van der Waals surface area contributed by atoms with E-state index in [4.69, 9.17) is 0 Å². The van der Waals surface area contributed by atoms with Gasteiger partial charge in [0.25, 0.3) is 0 Å². The summed E-state index contributed by atoms with van der Waals surface area (Å²) in [5.74, 6) is 1.04. The average molecular weight is 353 g/mol. The number of aromatic nitrogens is 1. The number of hydrogen-bond acceptors (Lipinski definition) is 3. The van der Waals surface area contributed by atoms with Crippen LogP contribution in [-0.2, 0) is 23.4 Å². The van der Waals surface area contributed by atoms with Gasteiger partial charge >= 0.3 is 0 Å². The van der Waals surface area contributed by atoms with Gasteiger partial charge in [0.1, 0.15) is 0 Å². The zero-order chi connectivity index (χ0) is 17.2. The van der Waals surface area contributed by atoms with Crippen LogP contribution in [0.2, 0.25) is 0 Å². The van der Waals surface area contributed by atoms with E-state index in [9.17, 15) is 8.42 Å². The SMILES string of the molecule is CN=C(NCc1cccn1C)N1CCS(=O)(=O)C2(CCCCC2)C1. The quantitative estimate of drug-likeness (QED) is 0.648. The Hall–Kier alpha value is -1.50. The van der Waals surface area contributed by atoms with Crippen molar-refractivity contribution in [2.24, 2.45) is 12.0 Å². The smallest absolute Gasteiger partial charge is 0.194 e. The predicted molar refractivity (Wildman–Crippen MR) is 96.8 cm³/mol. The lowest BCUT2D eigenvalue weighted by Crippen LogP contribution is -2.60. The largest absolute Gasteiger partial charge is 0.353 e. The van der Waals surface area contributed by atoms with Crippen LogP contribution < -0.4 is 5.32 Å². The number of nitrogens with zero attached hydrogens (tertiary/aromatic N) is 3. The molecule has 1 aromatic rings. The van der Waals surface area contributed by atoms with Gasteiger partial charge in [-0.1, -0.05) is 19.3 Å². The van der Waals surface area contributed by atoms with Crippen molar-refractivity contribution in [2.75, 3.05) is 25.9 Å². The zero-order valence-electron chi connectivity index (χ0n) is 14.7. The number of aliphatic imine (C=N–C) groups is 1. The van der Waals surface area contributed by atoms with Gasteiger partial charge in [0.05, 0.1) is 17.0 Å². The Bertz CT molecular complexity index is 702. The molecule has 0 aromatic carbocycles. The summed E-state index contributed by atoms with van der Waals surface area (Å²) >= 11 is 0. The molecule has 1 aliphatic heterocycles. The first kappa shape index (κ1) is 17.3. The number of nitrogens with one attached hydrogen (secondary N) is 1. The molecule has 2 heterocycles. The van der Waals surface area contributed by atoms with E-state index in [1.165, 1.54) is 5.69 Å². The number of hydrogen-bond donors (Lipinski definition) is 1. The Balaban J connectivity index is 1.72. The Morgan fingerprint density at radius 3 is 2.71 bits per heavy atom. The number of sulfone groups is 1. The Morgan fingerprint density at radius 2 is 2.08 bits per heavy atom. The third kappa shape index (κ3) is 3.18. The first-order chi connectivity index (χ1) is 11.5. The lowest BCUT2D eigenvalue weighted by atomic mass is 9.87. The second-order valence-corrected chi connectivity index (χ2v) is 9.50. The van der Waals surface area contributed by atoms with Crippen LogP contribution in [-0.4, -0.2) is 54.5 Å². The molecule has 24 heavy (non-hydrogen) atoms. The molecule has 1 aromatic heterocycles. The van der Waals surface area contributed by atoms with Crippen LogP contribution in [0.25, 0.3) is 0 Å². The lowest BCUT2D eigenvalue weighted by molar-refractivity contribution is 0.274. The third-order valence-electron chi connectivity index (χ3n) is 5.52. The van der Waals surface area contributed by atoms with Crippen LogP contribution in [0.15, 0.2) is 23.3 Å². The molecule has 1 saturated carbocycles. The van der Waals surface area contributed by atoms with Gasteiger partial charge in [0.2, 0.25) is 0 Å². The summed E-state index contributed by atoms with van der Waals surface area (Å²) in [6.45, 7) is 1.78. The van der Waals surface area contributed by atoms with Crippen LogP contribution in [0, 0.1) is 0 Å². The van der Waals surface area contributed by atoms with Crippen molar-refractivity contribution in [3.63, 3.8) is 0 Å². The fourth-order valence-corrected chi connectivity index (χ4v) is 6.16. The van der Waals surface area contributed by atoms with Crippen LogP contribution in [0.4, 0.5) is 0 Å². The first-order valence-electron chi connectivity index (χ1n) is 8.76. The van der Waals surface area contributed by atoms with E-state index in [1.807, 2.05) is 19.3 Å². The van der Waals surface area contributed by atoms with Gasteiger partial charge in [-0.15, -0.1) is 0 Å². The van der Waals surface area contributed by atoms with Crippen molar-refractivity contribution in [2.45, 2.75) is 43.4 Å². The monoisotopic (exact) mass is 352 g/mol. The zero-order valence-corrected chi connectivity index (χ0v) is 15.5. The highest BCUT2D eigenvalue weighted by molar-refractivity contribution is 7.92. The molecule has 0 amide bonds. The molecule has 0 atom stereocenters. The average Bonchev–Trinajstić information content (AvgIpc) is 2.98. The van der Waals surface area contributed by atoms with Gasteiger partial charge in [-0.25, -0.2) is 8.42 Å². The molecule has 1 aliphatic carbocycles. The summed E-state index contributed by atoms with van der Waals surface area (Å²) in [5.41, 5.74) is 1.17. The van der Waals surface area contributed by atoms with Crippen molar-refractivity contribution >= 4 is 15.8 Å². The molecule has 3 rings (SSSR count). The number of rotatable bonds is 2. The first-order valence-corrected chi connectivity index (χ1v) is 10.4. The fourth-order valence-electron chi connectivity index (χ4n) is 4.00.